The summed E-state index contributed by atoms with van der Waals surface area (Å²) < 4.78 is 0. The molecule has 4 aromatic carbocycles. The average molecular weight is 673 g/mol. The topological polar surface area (TPSA) is 122 Å². The lowest BCUT2D eigenvalue weighted by Gasteiger charge is -2.28. The van der Waals surface area contributed by atoms with Gasteiger partial charge in [-0.1, -0.05) is 67.6 Å². The zero-order valence-electron chi connectivity index (χ0n) is 27.8. The summed E-state index contributed by atoms with van der Waals surface area (Å²) in [4.78, 5) is 58.0. The SMILES string of the molecule is C[C@H](/C=C/CC(=O)N1CCC[C@H]1CO)[C@@]1(O)C(=O)N(Cc2cccc(N(C=O)c3ccccc3)c2)c2ccc(N(C=O)c3ccccc3)cc21. The van der Waals surface area contributed by atoms with Crippen molar-refractivity contribution in [1.29, 1.82) is 0 Å². The quantitative estimate of drug-likeness (QED) is 0.141. The molecule has 0 radical (unpaired) electrons. The van der Waals surface area contributed by atoms with Crippen LogP contribution in [-0.2, 0) is 31.3 Å². The van der Waals surface area contributed by atoms with Crippen molar-refractivity contribution in [2.24, 2.45) is 5.92 Å². The van der Waals surface area contributed by atoms with Gasteiger partial charge >= 0.3 is 0 Å². The predicted molar refractivity (Wildman–Crippen MR) is 192 cm³/mol. The van der Waals surface area contributed by atoms with E-state index in [1.165, 1.54) is 14.7 Å². The number of anilines is 5. The highest BCUT2D eigenvalue weighted by Crippen LogP contribution is 2.48. The minimum atomic E-state index is -2.02. The molecule has 0 aliphatic carbocycles. The maximum absolute atomic E-state index is 14.4. The van der Waals surface area contributed by atoms with Crippen LogP contribution in [0.3, 0.4) is 0 Å². The first-order valence-electron chi connectivity index (χ1n) is 16.7. The molecule has 0 saturated carbocycles. The van der Waals surface area contributed by atoms with Crippen molar-refractivity contribution < 1.29 is 29.4 Å². The molecular weight excluding hydrogens is 632 g/mol. The number of benzene rings is 4. The molecule has 2 aliphatic rings. The molecule has 4 amide bonds. The fourth-order valence-corrected chi connectivity index (χ4v) is 6.93. The van der Waals surface area contributed by atoms with Gasteiger partial charge in [-0.15, -0.1) is 0 Å². The van der Waals surface area contributed by atoms with Crippen LogP contribution in [0.15, 0.2) is 115 Å². The van der Waals surface area contributed by atoms with Crippen molar-refractivity contribution in [3.8, 4) is 0 Å². The van der Waals surface area contributed by atoms with E-state index >= 15 is 0 Å². The summed E-state index contributed by atoms with van der Waals surface area (Å²) in [5.41, 5.74) is 1.94. The van der Waals surface area contributed by atoms with Gasteiger partial charge in [0, 0.05) is 47.2 Å². The molecule has 256 valence electrons. The molecule has 0 spiro atoms. The van der Waals surface area contributed by atoms with Crippen LogP contribution in [0, 0.1) is 5.92 Å². The second-order valence-corrected chi connectivity index (χ2v) is 12.6. The van der Waals surface area contributed by atoms with Gasteiger partial charge in [-0.25, -0.2) is 0 Å². The van der Waals surface area contributed by atoms with Crippen LogP contribution in [0.4, 0.5) is 28.4 Å². The highest BCUT2D eigenvalue weighted by atomic mass is 16.3. The largest absolute Gasteiger partial charge is 0.394 e. The monoisotopic (exact) mass is 672 g/mol. The maximum Gasteiger partial charge on any atom is 0.264 e. The Hall–Kier alpha value is -5.58. The third-order valence-electron chi connectivity index (χ3n) is 9.62. The average Bonchev–Trinajstić information content (AvgIpc) is 3.71. The van der Waals surface area contributed by atoms with Gasteiger partial charge in [0.25, 0.3) is 5.91 Å². The number of rotatable bonds is 13. The Balaban J connectivity index is 1.34. The molecule has 1 saturated heterocycles. The number of para-hydroxylation sites is 2. The van der Waals surface area contributed by atoms with Gasteiger partial charge in [0.1, 0.15) is 0 Å². The van der Waals surface area contributed by atoms with E-state index in [1.54, 1.807) is 54.3 Å². The molecule has 3 atom stereocenters. The summed E-state index contributed by atoms with van der Waals surface area (Å²) in [6.07, 6.45) is 6.43. The number of likely N-dealkylation sites (tertiary alicyclic amines) is 1. The second-order valence-electron chi connectivity index (χ2n) is 12.6. The molecule has 1 fully saturated rings. The standard InChI is InChI=1S/C40H40N4O6/c1-29(11-8-19-38(48)41-22-10-18-35(41)26-45)40(50)36-24-34(44(28-47)32-15-6-3-7-16-32)20-21-37(36)42(39(40)49)25-30-12-9-17-33(23-30)43(27-46)31-13-4-2-5-14-31/h2-9,11-17,20-21,23-24,27-29,35,45,50H,10,18-19,22,25-26H2,1H3/b11-8+/t29-,35+,40+/m1/s1. The van der Waals surface area contributed by atoms with Crippen molar-refractivity contribution in [1.82, 2.24) is 4.90 Å². The minimum Gasteiger partial charge on any atom is -0.394 e. The van der Waals surface area contributed by atoms with Crippen LogP contribution in [0.25, 0.3) is 0 Å². The molecule has 2 N–H and O–H groups in total. The summed E-state index contributed by atoms with van der Waals surface area (Å²) in [6, 6.07) is 30.5. The number of fused-ring (bicyclic) bond motifs is 1. The van der Waals surface area contributed by atoms with Crippen LogP contribution < -0.4 is 14.7 Å². The maximum atomic E-state index is 14.4. The van der Waals surface area contributed by atoms with E-state index in [2.05, 4.69) is 0 Å². The molecule has 4 aromatic rings. The molecular formula is C40H40N4O6. The molecule has 2 heterocycles. The molecule has 0 aromatic heterocycles. The molecule has 6 rings (SSSR count). The molecule has 10 heteroatoms. The Bertz CT molecular complexity index is 1880. The summed E-state index contributed by atoms with van der Waals surface area (Å²) in [6.45, 7) is 2.33. The number of hydrogen-bond donors (Lipinski definition) is 2. The number of carbonyl (C=O) groups excluding carboxylic acids is 4. The van der Waals surface area contributed by atoms with Crippen LogP contribution in [0.2, 0.25) is 0 Å². The minimum absolute atomic E-state index is 0.0656. The van der Waals surface area contributed by atoms with Crippen LogP contribution >= 0.6 is 0 Å². The molecule has 0 bridgehead atoms. The van der Waals surface area contributed by atoms with Gasteiger partial charge in [-0.2, -0.15) is 0 Å². The van der Waals surface area contributed by atoms with Gasteiger partial charge in [-0.3, -0.25) is 29.0 Å². The Kier molecular flexibility index (Phi) is 10.2. The number of nitrogens with zero attached hydrogens (tertiary/aromatic N) is 4. The number of hydrogen-bond acceptors (Lipinski definition) is 6. The van der Waals surface area contributed by atoms with Gasteiger partial charge in [0.2, 0.25) is 18.7 Å². The Morgan fingerprint density at radius 2 is 1.50 bits per heavy atom. The van der Waals surface area contributed by atoms with Crippen molar-refractivity contribution in [2.75, 3.05) is 27.9 Å². The van der Waals surface area contributed by atoms with Crippen molar-refractivity contribution in [3.63, 3.8) is 0 Å². The first kappa shape index (κ1) is 34.3. The van der Waals surface area contributed by atoms with Gasteiger partial charge < -0.3 is 20.0 Å². The van der Waals surface area contributed by atoms with Crippen LogP contribution in [-0.4, -0.2) is 58.9 Å². The van der Waals surface area contributed by atoms with Crippen molar-refractivity contribution in [2.45, 2.75) is 44.4 Å². The Morgan fingerprint density at radius 1 is 0.880 bits per heavy atom. The molecule has 50 heavy (non-hydrogen) atoms. The molecule has 0 unspecified atom stereocenters. The van der Waals surface area contributed by atoms with E-state index < -0.39 is 17.4 Å². The lowest BCUT2D eigenvalue weighted by Crippen LogP contribution is -2.44. The number of aliphatic hydroxyl groups is 2. The predicted octanol–water partition coefficient (Wildman–Crippen LogP) is 5.58. The van der Waals surface area contributed by atoms with Crippen molar-refractivity contribution >= 4 is 53.1 Å². The smallest absolute Gasteiger partial charge is 0.264 e. The third-order valence-corrected chi connectivity index (χ3v) is 9.62. The number of amides is 4. The fourth-order valence-electron chi connectivity index (χ4n) is 6.93. The lowest BCUT2D eigenvalue weighted by atomic mass is 9.82. The first-order chi connectivity index (χ1) is 24.3. The highest BCUT2D eigenvalue weighted by Gasteiger charge is 2.52. The van der Waals surface area contributed by atoms with Gasteiger partial charge in [0.15, 0.2) is 5.60 Å². The number of aliphatic hydroxyl groups excluding tert-OH is 1. The number of carbonyl (C=O) groups is 4. The lowest BCUT2D eigenvalue weighted by molar-refractivity contribution is -0.139. The fraction of sp³-hybridized carbons (Fsp3) is 0.250. The van der Waals surface area contributed by atoms with E-state index in [-0.39, 0.29) is 31.5 Å². The second kappa shape index (κ2) is 14.9. The summed E-state index contributed by atoms with van der Waals surface area (Å²) >= 11 is 0. The Labute approximate surface area is 291 Å². The third kappa shape index (κ3) is 6.55. The molecule has 10 nitrogen and oxygen atoms in total. The van der Waals surface area contributed by atoms with E-state index in [9.17, 15) is 29.4 Å². The normalized spacial score (nSPS) is 19.0. The Morgan fingerprint density at radius 3 is 2.12 bits per heavy atom. The first-order valence-corrected chi connectivity index (χ1v) is 16.7. The summed E-state index contributed by atoms with van der Waals surface area (Å²) in [5.74, 6) is -1.43. The zero-order chi connectivity index (χ0) is 35.3. The van der Waals surface area contributed by atoms with Gasteiger partial charge in [-0.05, 0) is 73.0 Å². The summed E-state index contributed by atoms with van der Waals surface area (Å²) in [7, 11) is 0. The van der Waals surface area contributed by atoms with E-state index in [0.29, 0.717) is 47.0 Å². The van der Waals surface area contributed by atoms with Crippen LogP contribution in [0.1, 0.15) is 37.3 Å². The summed E-state index contributed by atoms with van der Waals surface area (Å²) in [5, 5.41) is 22.1. The van der Waals surface area contributed by atoms with Gasteiger partial charge in [0.05, 0.1) is 24.9 Å². The van der Waals surface area contributed by atoms with Crippen LogP contribution in [0.5, 0.6) is 0 Å². The highest BCUT2D eigenvalue weighted by molar-refractivity contribution is 6.08. The van der Waals surface area contributed by atoms with E-state index in [1.807, 2.05) is 72.8 Å². The van der Waals surface area contributed by atoms with E-state index in [0.717, 1.165) is 24.8 Å². The van der Waals surface area contributed by atoms with Crippen molar-refractivity contribution in [3.05, 3.63) is 126 Å². The van der Waals surface area contributed by atoms with E-state index in [4.69, 9.17) is 0 Å². The zero-order valence-corrected chi connectivity index (χ0v) is 27.8. The molecule has 2 aliphatic heterocycles.